The summed E-state index contributed by atoms with van der Waals surface area (Å²) in [5.41, 5.74) is 0.265. The van der Waals surface area contributed by atoms with Crippen LogP contribution in [-0.4, -0.2) is 6.61 Å². The Hall–Kier alpha value is -2.31. The van der Waals surface area contributed by atoms with Crippen molar-refractivity contribution >= 4 is 0 Å². The molecule has 7 heteroatoms. The minimum absolute atomic E-state index is 0.0605. The van der Waals surface area contributed by atoms with Crippen molar-refractivity contribution in [1.82, 2.24) is 0 Å². The van der Waals surface area contributed by atoms with Gasteiger partial charge in [-0.2, -0.15) is 17.6 Å². The molecule has 0 radical (unpaired) electrons. The van der Waals surface area contributed by atoms with Crippen LogP contribution in [0.3, 0.4) is 0 Å². The molecule has 2 aromatic carbocycles. The van der Waals surface area contributed by atoms with Crippen LogP contribution in [0.4, 0.5) is 22.0 Å². The van der Waals surface area contributed by atoms with E-state index in [0.29, 0.717) is 6.07 Å². The molecule has 1 aliphatic carbocycles. The van der Waals surface area contributed by atoms with Crippen LogP contribution in [0.5, 0.6) is 11.5 Å². The minimum atomic E-state index is -3.83. The first kappa shape index (κ1) is 26.3. The van der Waals surface area contributed by atoms with Crippen LogP contribution in [0.25, 0.3) is 0 Å². The zero-order chi connectivity index (χ0) is 24.6. The number of aryl methyl sites for hydroxylation is 1. The predicted octanol–water partition coefficient (Wildman–Crippen LogP) is 8.87. The molecule has 0 saturated heterocycles. The van der Waals surface area contributed by atoms with Crippen LogP contribution in [0.2, 0.25) is 0 Å². The molecule has 3 rings (SSSR count). The number of hydrogen-bond acceptors (Lipinski definition) is 2. The Morgan fingerprint density at radius 3 is 2.15 bits per heavy atom. The molecule has 1 fully saturated rings. The smallest absolute Gasteiger partial charge is 0.426 e. The SMILES string of the molecule is CCCCCC1CCC(CCc2ccc(OC(F)(F)c3ccc(OC(F)F)c(F)c3)cc2)CC1. The number of alkyl halides is 4. The van der Waals surface area contributed by atoms with Crippen molar-refractivity contribution in [3.05, 3.63) is 59.4 Å². The van der Waals surface area contributed by atoms with Crippen molar-refractivity contribution in [2.24, 2.45) is 11.8 Å². The van der Waals surface area contributed by atoms with Crippen LogP contribution in [0, 0.1) is 17.7 Å². The van der Waals surface area contributed by atoms with Gasteiger partial charge in [-0.15, -0.1) is 0 Å². The van der Waals surface area contributed by atoms with Gasteiger partial charge in [0.1, 0.15) is 5.75 Å². The highest BCUT2D eigenvalue weighted by Gasteiger charge is 2.35. The number of hydrogen-bond donors (Lipinski definition) is 0. The van der Waals surface area contributed by atoms with Gasteiger partial charge in [-0.1, -0.05) is 70.4 Å². The van der Waals surface area contributed by atoms with Crippen LogP contribution in [0.1, 0.15) is 75.8 Å². The Labute approximate surface area is 198 Å². The van der Waals surface area contributed by atoms with E-state index < -0.39 is 29.9 Å². The highest BCUT2D eigenvalue weighted by Crippen LogP contribution is 2.36. The molecule has 34 heavy (non-hydrogen) atoms. The lowest BCUT2D eigenvalue weighted by molar-refractivity contribution is -0.185. The molecule has 1 saturated carbocycles. The van der Waals surface area contributed by atoms with Crippen molar-refractivity contribution in [2.45, 2.75) is 83.9 Å². The van der Waals surface area contributed by atoms with Gasteiger partial charge >= 0.3 is 12.7 Å². The van der Waals surface area contributed by atoms with Gasteiger partial charge in [0.2, 0.25) is 0 Å². The number of rotatable bonds is 12. The second-order valence-electron chi connectivity index (χ2n) is 9.21. The van der Waals surface area contributed by atoms with E-state index in [2.05, 4.69) is 11.7 Å². The third-order valence-corrected chi connectivity index (χ3v) is 6.68. The highest BCUT2D eigenvalue weighted by atomic mass is 19.3. The summed E-state index contributed by atoms with van der Waals surface area (Å²) >= 11 is 0. The lowest BCUT2D eigenvalue weighted by Gasteiger charge is -2.28. The summed E-state index contributed by atoms with van der Waals surface area (Å²) in [7, 11) is 0. The first-order valence-electron chi connectivity index (χ1n) is 12.2. The molecular formula is C27H33F5O2. The van der Waals surface area contributed by atoms with Crippen molar-refractivity contribution in [3.63, 3.8) is 0 Å². The zero-order valence-electron chi connectivity index (χ0n) is 19.6. The molecule has 2 aromatic rings. The average molecular weight is 485 g/mol. The van der Waals surface area contributed by atoms with E-state index in [4.69, 9.17) is 4.74 Å². The Morgan fingerprint density at radius 2 is 1.56 bits per heavy atom. The summed E-state index contributed by atoms with van der Waals surface area (Å²) in [6.07, 6.45) is 8.58. The van der Waals surface area contributed by atoms with Crippen LogP contribution in [0.15, 0.2) is 42.5 Å². The maximum absolute atomic E-state index is 14.5. The lowest BCUT2D eigenvalue weighted by Crippen LogP contribution is -2.22. The summed E-state index contributed by atoms with van der Waals surface area (Å²) in [5, 5.41) is 0. The minimum Gasteiger partial charge on any atom is -0.432 e. The molecule has 0 spiro atoms. The number of ether oxygens (including phenoxy) is 2. The van der Waals surface area contributed by atoms with Gasteiger partial charge in [0.15, 0.2) is 11.6 Å². The predicted molar refractivity (Wildman–Crippen MR) is 122 cm³/mol. The maximum atomic E-state index is 14.5. The second kappa shape index (κ2) is 12.4. The molecule has 0 N–H and O–H groups in total. The number of halogens is 5. The standard InChI is InChI=1S/C27H33F5O2/c1-2-3-4-5-19-6-8-20(9-7-19)10-11-21-12-15-23(16-13-21)34-27(31,32)22-14-17-25(24(28)18-22)33-26(29)30/h12-20,26H,2-11H2,1H3. The molecular weight excluding hydrogens is 451 g/mol. The molecule has 0 atom stereocenters. The molecule has 0 unspecified atom stereocenters. The monoisotopic (exact) mass is 484 g/mol. The van der Waals surface area contributed by atoms with Crippen LogP contribution >= 0.6 is 0 Å². The summed E-state index contributed by atoms with van der Waals surface area (Å²) in [6.45, 7) is -1.02. The molecule has 0 bridgehead atoms. The van der Waals surface area contributed by atoms with Gasteiger partial charge in [0.25, 0.3) is 0 Å². The molecule has 2 nitrogen and oxygen atoms in total. The van der Waals surface area contributed by atoms with Crippen LogP contribution < -0.4 is 9.47 Å². The van der Waals surface area contributed by atoms with Crippen LogP contribution in [-0.2, 0) is 12.5 Å². The molecule has 0 aromatic heterocycles. The molecule has 0 aliphatic heterocycles. The van der Waals surface area contributed by atoms with E-state index in [0.717, 1.165) is 42.4 Å². The van der Waals surface area contributed by atoms with E-state index in [-0.39, 0.29) is 5.75 Å². The average Bonchev–Trinajstić information content (AvgIpc) is 2.80. The fourth-order valence-corrected chi connectivity index (χ4v) is 4.67. The maximum Gasteiger partial charge on any atom is 0.426 e. The quantitative estimate of drug-likeness (QED) is 0.221. The molecule has 0 heterocycles. The Kier molecular flexibility index (Phi) is 9.60. The van der Waals surface area contributed by atoms with E-state index in [9.17, 15) is 22.0 Å². The van der Waals surface area contributed by atoms with Gasteiger partial charge in [-0.25, -0.2) is 4.39 Å². The van der Waals surface area contributed by atoms with Crippen molar-refractivity contribution in [2.75, 3.05) is 0 Å². The summed E-state index contributed by atoms with van der Waals surface area (Å²) in [5.74, 6) is -0.582. The van der Waals surface area contributed by atoms with Crippen molar-refractivity contribution < 1.29 is 31.4 Å². The first-order valence-corrected chi connectivity index (χ1v) is 12.2. The van der Waals surface area contributed by atoms with Crippen molar-refractivity contribution in [1.29, 1.82) is 0 Å². The Bertz CT molecular complexity index is 877. The van der Waals surface area contributed by atoms with Gasteiger partial charge in [0, 0.05) is 0 Å². The Balaban J connectivity index is 1.47. The lowest BCUT2D eigenvalue weighted by atomic mass is 9.78. The molecule has 0 amide bonds. The normalized spacial score (nSPS) is 18.8. The van der Waals surface area contributed by atoms with E-state index in [1.54, 1.807) is 12.1 Å². The summed E-state index contributed by atoms with van der Waals surface area (Å²) < 4.78 is 75.9. The van der Waals surface area contributed by atoms with Gasteiger partial charge < -0.3 is 9.47 Å². The molecule has 188 valence electrons. The second-order valence-corrected chi connectivity index (χ2v) is 9.21. The van der Waals surface area contributed by atoms with E-state index in [1.807, 2.05) is 0 Å². The third kappa shape index (κ3) is 7.88. The van der Waals surface area contributed by atoms with Gasteiger partial charge in [-0.3, -0.25) is 0 Å². The van der Waals surface area contributed by atoms with E-state index in [1.165, 1.54) is 63.5 Å². The topological polar surface area (TPSA) is 18.5 Å². The van der Waals surface area contributed by atoms with Gasteiger partial charge in [0.05, 0.1) is 5.56 Å². The highest BCUT2D eigenvalue weighted by molar-refractivity contribution is 5.33. The third-order valence-electron chi connectivity index (χ3n) is 6.68. The van der Waals surface area contributed by atoms with E-state index >= 15 is 0 Å². The Morgan fingerprint density at radius 1 is 0.912 bits per heavy atom. The number of unbranched alkanes of at least 4 members (excludes halogenated alkanes) is 2. The summed E-state index contributed by atoms with van der Waals surface area (Å²) in [4.78, 5) is 0. The fraction of sp³-hybridized carbons (Fsp3) is 0.556. The zero-order valence-corrected chi connectivity index (χ0v) is 19.6. The molecule has 1 aliphatic rings. The largest absolute Gasteiger partial charge is 0.432 e. The first-order chi connectivity index (χ1) is 16.3. The summed E-state index contributed by atoms with van der Waals surface area (Å²) in [6, 6.07) is 8.44. The van der Waals surface area contributed by atoms with Gasteiger partial charge in [-0.05, 0) is 60.6 Å². The number of benzene rings is 2. The fourth-order valence-electron chi connectivity index (χ4n) is 4.67. The van der Waals surface area contributed by atoms with Crippen molar-refractivity contribution in [3.8, 4) is 11.5 Å².